The Bertz CT molecular complexity index is 776. The van der Waals surface area contributed by atoms with E-state index >= 15 is 0 Å². The summed E-state index contributed by atoms with van der Waals surface area (Å²) >= 11 is 0. The summed E-state index contributed by atoms with van der Waals surface area (Å²) in [6.45, 7) is 0.365. The van der Waals surface area contributed by atoms with Gasteiger partial charge in [0.25, 0.3) is 0 Å². The summed E-state index contributed by atoms with van der Waals surface area (Å²) in [7, 11) is 3.07. The zero-order valence-electron chi connectivity index (χ0n) is 14.7. The average Bonchev–Trinajstić information content (AvgIpc) is 2.68. The van der Waals surface area contributed by atoms with Crippen LogP contribution in [-0.2, 0) is 16.0 Å². The van der Waals surface area contributed by atoms with Crippen LogP contribution in [0, 0.1) is 0 Å². The van der Waals surface area contributed by atoms with Gasteiger partial charge in [-0.25, -0.2) is 5.43 Å². The fourth-order valence-corrected chi connectivity index (χ4v) is 2.20. The first-order valence-corrected chi connectivity index (χ1v) is 8.01. The lowest BCUT2D eigenvalue weighted by atomic mass is 10.1. The van der Waals surface area contributed by atoms with Crippen molar-refractivity contribution in [2.24, 2.45) is 5.10 Å². The maximum atomic E-state index is 11.8. The minimum Gasteiger partial charge on any atom is -0.497 e. The Labute approximate surface area is 152 Å². The highest BCUT2D eigenvalue weighted by atomic mass is 16.5. The summed E-state index contributed by atoms with van der Waals surface area (Å²) in [4.78, 5) is 23.5. The van der Waals surface area contributed by atoms with Gasteiger partial charge in [-0.2, -0.15) is 5.10 Å². The third-order valence-corrected chi connectivity index (χ3v) is 3.55. The van der Waals surface area contributed by atoms with Crippen LogP contribution in [0.1, 0.15) is 11.1 Å². The van der Waals surface area contributed by atoms with Crippen LogP contribution in [0.2, 0.25) is 0 Å². The predicted octanol–water partition coefficient (Wildman–Crippen LogP) is 1.51. The van der Waals surface area contributed by atoms with E-state index in [9.17, 15) is 9.59 Å². The molecule has 26 heavy (non-hydrogen) atoms. The summed E-state index contributed by atoms with van der Waals surface area (Å²) in [5.74, 6) is -0.389. The quantitative estimate of drug-likeness (QED) is 0.448. The number of hydrogen-bond acceptors (Lipinski definition) is 5. The van der Waals surface area contributed by atoms with Crippen molar-refractivity contribution >= 4 is 18.0 Å². The minimum absolute atomic E-state index is 0.365. The van der Waals surface area contributed by atoms with Crippen molar-refractivity contribution in [3.63, 3.8) is 0 Å². The third kappa shape index (κ3) is 5.62. The lowest BCUT2D eigenvalue weighted by Crippen LogP contribution is -2.38. The van der Waals surface area contributed by atoms with E-state index in [2.05, 4.69) is 15.8 Å². The molecule has 2 amide bonds. The number of methoxy groups -OCH3 is 2. The predicted molar refractivity (Wildman–Crippen MR) is 98.4 cm³/mol. The van der Waals surface area contributed by atoms with Gasteiger partial charge in [0, 0.05) is 12.1 Å². The number of hydrazone groups is 1. The van der Waals surface area contributed by atoms with Crippen LogP contribution in [0.4, 0.5) is 0 Å². The van der Waals surface area contributed by atoms with Crippen LogP contribution in [-0.4, -0.2) is 38.8 Å². The summed E-state index contributed by atoms with van der Waals surface area (Å²) in [6, 6.07) is 14.8. The molecule has 0 aliphatic heterocycles. The van der Waals surface area contributed by atoms with E-state index in [0.717, 1.165) is 5.56 Å². The van der Waals surface area contributed by atoms with Crippen LogP contribution >= 0.6 is 0 Å². The third-order valence-electron chi connectivity index (χ3n) is 3.55. The number of amides is 2. The standard InChI is InChI=1S/C19H21N3O4/c1-25-16-8-9-17(26-2)15(12-16)13-21-22-19(24)18(23)20-11-10-14-6-4-3-5-7-14/h3-9,12-13H,10-11H2,1-2H3,(H,20,23)(H,22,24). The topological polar surface area (TPSA) is 89.0 Å². The first-order valence-electron chi connectivity index (χ1n) is 8.01. The van der Waals surface area contributed by atoms with Crippen molar-refractivity contribution in [1.82, 2.24) is 10.7 Å². The molecule has 2 rings (SSSR count). The van der Waals surface area contributed by atoms with Gasteiger partial charge in [0.05, 0.1) is 20.4 Å². The van der Waals surface area contributed by atoms with E-state index in [1.54, 1.807) is 25.3 Å². The molecule has 0 aromatic heterocycles. The molecule has 0 saturated carbocycles. The molecule has 0 aliphatic carbocycles. The van der Waals surface area contributed by atoms with Gasteiger partial charge < -0.3 is 14.8 Å². The molecule has 0 atom stereocenters. The minimum atomic E-state index is -0.837. The SMILES string of the molecule is COc1ccc(OC)c(C=NNC(=O)C(=O)NCCc2ccccc2)c1. The van der Waals surface area contributed by atoms with Crippen LogP contribution in [0.25, 0.3) is 0 Å². The maximum absolute atomic E-state index is 11.8. The molecule has 2 aromatic rings. The highest BCUT2D eigenvalue weighted by Crippen LogP contribution is 2.22. The number of carbonyl (C=O) groups is 2. The van der Waals surface area contributed by atoms with Gasteiger partial charge >= 0.3 is 11.8 Å². The fraction of sp³-hybridized carbons (Fsp3) is 0.211. The Morgan fingerprint density at radius 3 is 2.50 bits per heavy atom. The molecule has 0 spiro atoms. The molecule has 7 nitrogen and oxygen atoms in total. The lowest BCUT2D eigenvalue weighted by molar-refractivity contribution is -0.139. The van der Waals surface area contributed by atoms with Crippen molar-refractivity contribution in [3.05, 3.63) is 59.7 Å². The molecule has 0 aliphatic rings. The van der Waals surface area contributed by atoms with Gasteiger partial charge in [-0.05, 0) is 30.2 Å². The number of nitrogens with one attached hydrogen (secondary N) is 2. The summed E-state index contributed by atoms with van der Waals surface area (Å²) < 4.78 is 10.3. The van der Waals surface area contributed by atoms with Crippen molar-refractivity contribution in [3.8, 4) is 11.5 Å². The molecule has 0 unspecified atom stereocenters. The van der Waals surface area contributed by atoms with Crippen molar-refractivity contribution in [2.75, 3.05) is 20.8 Å². The number of benzene rings is 2. The highest BCUT2D eigenvalue weighted by Gasteiger charge is 2.11. The normalized spacial score (nSPS) is 10.4. The number of hydrogen-bond donors (Lipinski definition) is 2. The largest absolute Gasteiger partial charge is 0.497 e. The summed E-state index contributed by atoms with van der Waals surface area (Å²) in [5, 5.41) is 6.34. The van der Waals surface area contributed by atoms with E-state index < -0.39 is 11.8 Å². The van der Waals surface area contributed by atoms with Crippen LogP contribution < -0.4 is 20.2 Å². The molecule has 0 fully saturated rings. The average molecular weight is 355 g/mol. The Kier molecular flexibility index (Phi) is 7.17. The highest BCUT2D eigenvalue weighted by molar-refractivity contribution is 6.35. The summed E-state index contributed by atoms with van der Waals surface area (Å²) in [5.41, 5.74) is 3.88. The van der Waals surface area contributed by atoms with E-state index in [0.29, 0.717) is 30.0 Å². The molecule has 136 valence electrons. The van der Waals surface area contributed by atoms with E-state index in [4.69, 9.17) is 9.47 Å². The Balaban J connectivity index is 1.83. The molecular weight excluding hydrogens is 334 g/mol. The maximum Gasteiger partial charge on any atom is 0.329 e. The van der Waals surface area contributed by atoms with Crippen molar-refractivity contribution < 1.29 is 19.1 Å². The van der Waals surface area contributed by atoms with E-state index in [1.807, 2.05) is 30.3 Å². The number of nitrogens with zero attached hydrogens (tertiary/aromatic N) is 1. The van der Waals surface area contributed by atoms with Crippen molar-refractivity contribution in [2.45, 2.75) is 6.42 Å². The fourth-order valence-electron chi connectivity index (χ4n) is 2.20. The lowest BCUT2D eigenvalue weighted by Gasteiger charge is -2.07. The monoisotopic (exact) mass is 355 g/mol. The first kappa shape index (κ1) is 19.0. The molecule has 0 radical (unpaired) electrons. The smallest absolute Gasteiger partial charge is 0.329 e. The van der Waals surface area contributed by atoms with Gasteiger partial charge in [-0.1, -0.05) is 30.3 Å². The van der Waals surface area contributed by atoms with Gasteiger partial charge in [0.1, 0.15) is 11.5 Å². The molecule has 0 saturated heterocycles. The van der Waals surface area contributed by atoms with Crippen LogP contribution in [0.15, 0.2) is 53.6 Å². The molecule has 0 bridgehead atoms. The zero-order chi connectivity index (χ0) is 18.8. The molecule has 2 N–H and O–H groups in total. The molecule has 7 heteroatoms. The van der Waals surface area contributed by atoms with Gasteiger partial charge in [0.15, 0.2) is 0 Å². The van der Waals surface area contributed by atoms with E-state index in [1.165, 1.54) is 13.3 Å². The Morgan fingerprint density at radius 1 is 1.04 bits per heavy atom. The Morgan fingerprint density at radius 2 is 1.81 bits per heavy atom. The second-order valence-electron chi connectivity index (χ2n) is 5.30. The van der Waals surface area contributed by atoms with Crippen molar-refractivity contribution in [1.29, 1.82) is 0 Å². The number of ether oxygens (including phenoxy) is 2. The number of rotatable bonds is 7. The second-order valence-corrected chi connectivity index (χ2v) is 5.30. The molecular formula is C19H21N3O4. The summed E-state index contributed by atoms with van der Waals surface area (Å²) in [6.07, 6.45) is 2.03. The molecule has 0 heterocycles. The van der Waals surface area contributed by atoms with Gasteiger partial charge in [-0.3, -0.25) is 9.59 Å². The Hall–Kier alpha value is -3.35. The second kappa shape index (κ2) is 9.83. The number of carbonyl (C=O) groups excluding carboxylic acids is 2. The van der Waals surface area contributed by atoms with E-state index in [-0.39, 0.29) is 0 Å². The zero-order valence-corrected chi connectivity index (χ0v) is 14.7. The molecule has 2 aromatic carbocycles. The first-order chi connectivity index (χ1) is 12.6. The van der Waals surface area contributed by atoms with Crippen LogP contribution in [0.5, 0.6) is 11.5 Å². The van der Waals surface area contributed by atoms with Crippen LogP contribution in [0.3, 0.4) is 0 Å². The van der Waals surface area contributed by atoms with Gasteiger partial charge in [-0.15, -0.1) is 0 Å². The van der Waals surface area contributed by atoms with Gasteiger partial charge in [0.2, 0.25) is 0 Å².